The van der Waals surface area contributed by atoms with E-state index in [1.54, 1.807) is 19.9 Å². The van der Waals surface area contributed by atoms with Gasteiger partial charge in [0.05, 0.1) is 6.42 Å². The zero-order valence-corrected chi connectivity index (χ0v) is 14.4. The number of hydrogen-bond acceptors (Lipinski definition) is 5. The number of carbonyl (C=O) groups excluding carboxylic acids is 3. The van der Waals surface area contributed by atoms with Crippen LogP contribution in [0.4, 0.5) is 5.69 Å². The van der Waals surface area contributed by atoms with Gasteiger partial charge in [0.15, 0.2) is 5.11 Å². The van der Waals surface area contributed by atoms with E-state index in [9.17, 15) is 14.4 Å². The van der Waals surface area contributed by atoms with Crippen LogP contribution in [0.5, 0.6) is 0 Å². The van der Waals surface area contributed by atoms with Crippen LogP contribution in [0, 0.1) is 6.92 Å². The molecular weight excluding hydrogens is 328 g/mol. The van der Waals surface area contributed by atoms with Crippen molar-refractivity contribution in [2.24, 2.45) is 0 Å². The van der Waals surface area contributed by atoms with Crippen LogP contribution in [-0.2, 0) is 14.4 Å². The molecule has 0 bridgehead atoms. The van der Waals surface area contributed by atoms with Gasteiger partial charge in [0.25, 0.3) is 0 Å². The van der Waals surface area contributed by atoms with Crippen LogP contribution in [0.1, 0.15) is 25.8 Å². The van der Waals surface area contributed by atoms with Crippen LogP contribution in [0.2, 0.25) is 0 Å². The van der Waals surface area contributed by atoms with E-state index in [1.807, 2.05) is 25.1 Å². The molecule has 0 saturated carbocycles. The van der Waals surface area contributed by atoms with Gasteiger partial charge in [-0.05, 0) is 50.7 Å². The SMILES string of the molecule is Cc1cccc(NC(=O)[C@H]2CC(=O)N3C(=S)NC(=O)C(C)(C)N23)c1. The highest BCUT2D eigenvalue weighted by Gasteiger charge is 2.56. The second-order valence-corrected chi connectivity index (χ2v) is 6.83. The lowest BCUT2D eigenvalue weighted by atomic mass is 10.00. The Morgan fingerprint density at radius 2 is 2.08 bits per heavy atom. The normalized spacial score (nSPS) is 23.0. The molecule has 8 heteroatoms. The zero-order valence-electron chi connectivity index (χ0n) is 13.6. The summed E-state index contributed by atoms with van der Waals surface area (Å²) in [6.45, 7) is 5.23. The Bertz CT molecular complexity index is 761. The number of rotatable bonds is 2. The highest BCUT2D eigenvalue weighted by Crippen LogP contribution is 2.32. The van der Waals surface area contributed by atoms with Gasteiger partial charge in [-0.1, -0.05) is 12.1 Å². The number of benzene rings is 1. The van der Waals surface area contributed by atoms with Crippen molar-refractivity contribution in [2.45, 2.75) is 38.8 Å². The Morgan fingerprint density at radius 1 is 1.38 bits per heavy atom. The van der Waals surface area contributed by atoms with Crippen LogP contribution in [0.15, 0.2) is 24.3 Å². The van der Waals surface area contributed by atoms with E-state index in [2.05, 4.69) is 10.6 Å². The molecule has 1 aromatic carbocycles. The smallest absolute Gasteiger partial charge is 0.248 e. The minimum absolute atomic E-state index is 0.00943. The fourth-order valence-electron chi connectivity index (χ4n) is 3.01. The summed E-state index contributed by atoms with van der Waals surface area (Å²) >= 11 is 5.09. The minimum Gasteiger partial charge on any atom is -0.325 e. The Morgan fingerprint density at radius 3 is 2.75 bits per heavy atom. The van der Waals surface area contributed by atoms with Gasteiger partial charge in [0.2, 0.25) is 17.7 Å². The Kier molecular flexibility index (Phi) is 3.89. The molecule has 2 aliphatic rings. The van der Waals surface area contributed by atoms with Crippen LogP contribution in [0.3, 0.4) is 0 Å². The lowest BCUT2D eigenvalue weighted by Gasteiger charge is -2.45. The number of amides is 3. The van der Waals surface area contributed by atoms with Crippen molar-refractivity contribution in [2.75, 3.05) is 5.32 Å². The summed E-state index contributed by atoms with van der Waals surface area (Å²) < 4.78 is 0. The first-order chi connectivity index (χ1) is 11.2. The third-order valence-electron chi connectivity index (χ3n) is 4.24. The molecule has 2 heterocycles. The number of hydrogen-bond donors (Lipinski definition) is 2. The maximum Gasteiger partial charge on any atom is 0.248 e. The number of nitrogens with zero attached hydrogens (tertiary/aromatic N) is 2. The highest BCUT2D eigenvalue weighted by atomic mass is 32.1. The average Bonchev–Trinajstić information content (AvgIpc) is 2.84. The van der Waals surface area contributed by atoms with Crippen LogP contribution >= 0.6 is 12.2 Å². The molecule has 7 nitrogen and oxygen atoms in total. The van der Waals surface area contributed by atoms with E-state index < -0.39 is 11.6 Å². The minimum atomic E-state index is -1.07. The molecule has 0 unspecified atom stereocenters. The third kappa shape index (κ3) is 2.57. The van der Waals surface area contributed by atoms with Gasteiger partial charge in [0, 0.05) is 5.69 Å². The molecule has 3 rings (SSSR count). The Labute approximate surface area is 145 Å². The molecule has 2 saturated heterocycles. The number of nitrogens with one attached hydrogen (secondary N) is 2. The zero-order chi connectivity index (χ0) is 17.6. The van der Waals surface area contributed by atoms with Crippen LogP contribution in [-0.4, -0.2) is 44.4 Å². The third-order valence-corrected chi connectivity index (χ3v) is 4.52. The van der Waals surface area contributed by atoms with Crippen molar-refractivity contribution >= 4 is 40.7 Å². The van der Waals surface area contributed by atoms with Crippen molar-refractivity contribution in [1.82, 2.24) is 15.3 Å². The van der Waals surface area contributed by atoms with Gasteiger partial charge in [-0.15, -0.1) is 0 Å². The number of aryl methyl sites for hydroxylation is 1. The average molecular weight is 346 g/mol. The summed E-state index contributed by atoms with van der Waals surface area (Å²) in [5.41, 5.74) is 0.590. The van der Waals surface area contributed by atoms with Crippen molar-refractivity contribution in [3.63, 3.8) is 0 Å². The Balaban J connectivity index is 1.90. The van der Waals surface area contributed by atoms with Crippen molar-refractivity contribution in [3.8, 4) is 0 Å². The van der Waals surface area contributed by atoms with E-state index >= 15 is 0 Å². The first kappa shape index (κ1) is 16.5. The summed E-state index contributed by atoms with van der Waals surface area (Å²) in [5.74, 6) is -0.994. The lowest BCUT2D eigenvalue weighted by Crippen LogP contribution is -2.71. The monoisotopic (exact) mass is 346 g/mol. The first-order valence-corrected chi connectivity index (χ1v) is 7.98. The first-order valence-electron chi connectivity index (χ1n) is 7.57. The molecule has 0 radical (unpaired) electrons. The number of carbonyl (C=O) groups is 3. The molecular formula is C16H18N4O3S. The molecule has 0 spiro atoms. The molecule has 1 atom stereocenters. The predicted octanol–water partition coefficient (Wildman–Crippen LogP) is 0.945. The molecule has 2 fully saturated rings. The molecule has 1 aromatic rings. The van der Waals surface area contributed by atoms with E-state index in [0.29, 0.717) is 5.69 Å². The molecule has 0 aliphatic carbocycles. The van der Waals surface area contributed by atoms with E-state index in [0.717, 1.165) is 5.56 Å². The van der Waals surface area contributed by atoms with Gasteiger partial charge >= 0.3 is 0 Å². The standard InChI is InChI=1S/C16H18N4O3S/c1-9-5-4-6-10(7-9)17-13(22)11-8-12(21)19-15(24)18-14(23)16(2,3)20(11)19/h4-7,11H,8H2,1-3H3,(H,17,22)(H,18,23,24)/t11-/m1/s1. The largest absolute Gasteiger partial charge is 0.325 e. The summed E-state index contributed by atoms with van der Waals surface area (Å²) in [5, 5.41) is 8.03. The van der Waals surface area contributed by atoms with Crippen LogP contribution < -0.4 is 10.6 Å². The number of thiocarbonyl (C=S) groups is 1. The second-order valence-electron chi connectivity index (χ2n) is 6.45. The summed E-state index contributed by atoms with van der Waals surface area (Å²) in [6, 6.07) is 6.58. The summed E-state index contributed by atoms with van der Waals surface area (Å²) in [4.78, 5) is 37.3. The van der Waals surface area contributed by atoms with Gasteiger partial charge in [0.1, 0.15) is 11.6 Å². The van der Waals surface area contributed by atoms with Crippen LogP contribution in [0.25, 0.3) is 0 Å². The van der Waals surface area contributed by atoms with Crippen molar-refractivity contribution in [3.05, 3.63) is 29.8 Å². The molecule has 126 valence electrons. The maximum absolute atomic E-state index is 12.7. The molecule has 24 heavy (non-hydrogen) atoms. The second kappa shape index (κ2) is 5.64. The molecule has 2 N–H and O–H groups in total. The van der Waals surface area contributed by atoms with Crippen molar-refractivity contribution in [1.29, 1.82) is 0 Å². The lowest BCUT2D eigenvalue weighted by molar-refractivity contribution is -0.154. The molecule has 2 aliphatic heterocycles. The topological polar surface area (TPSA) is 81.8 Å². The maximum atomic E-state index is 12.7. The van der Waals surface area contributed by atoms with Gasteiger partial charge in [-0.2, -0.15) is 5.01 Å². The summed E-state index contributed by atoms with van der Waals surface area (Å²) in [6.07, 6.45) is -0.0316. The fraction of sp³-hybridized carbons (Fsp3) is 0.375. The predicted molar refractivity (Wildman–Crippen MR) is 91.7 cm³/mol. The Hall–Kier alpha value is -2.32. The quantitative estimate of drug-likeness (QED) is 0.779. The van der Waals surface area contributed by atoms with E-state index in [-0.39, 0.29) is 29.3 Å². The number of hydrazine groups is 1. The fourth-order valence-corrected chi connectivity index (χ4v) is 3.29. The van der Waals surface area contributed by atoms with E-state index in [4.69, 9.17) is 12.2 Å². The molecule has 3 amide bonds. The van der Waals surface area contributed by atoms with Crippen molar-refractivity contribution < 1.29 is 14.4 Å². The number of anilines is 1. The van der Waals surface area contributed by atoms with Gasteiger partial charge in [-0.3, -0.25) is 19.7 Å². The van der Waals surface area contributed by atoms with E-state index in [1.165, 1.54) is 10.0 Å². The van der Waals surface area contributed by atoms with Gasteiger partial charge in [-0.25, -0.2) is 5.01 Å². The van der Waals surface area contributed by atoms with Gasteiger partial charge < -0.3 is 5.32 Å². The molecule has 0 aromatic heterocycles. The summed E-state index contributed by atoms with van der Waals surface area (Å²) in [7, 11) is 0. The highest BCUT2D eigenvalue weighted by molar-refractivity contribution is 7.80. The number of fused-ring (bicyclic) bond motifs is 1.